The number of aromatic nitrogens is 1. The fourth-order valence-electron chi connectivity index (χ4n) is 2.60. The Morgan fingerprint density at radius 1 is 1.33 bits per heavy atom. The Balaban J connectivity index is 1.75. The van der Waals surface area contributed by atoms with Crippen LogP contribution in [-0.4, -0.2) is 54.6 Å². The van der Waals surface area contributed by atoms with Gasteiger partial charge in [-0.1, -0.05) is 0 Å². The molecule has 2 heterocycles. The minimum Gasteiger partial charge on any atom is -0.375 e. The van der Waals surface area contributed by atoms with E-state index in [1.807, 2.05) is 29.1 Å². The minimum absolute atomic E-state index is 0.0390. The number of carbonyl (C=O) groups excluding carboxylic acids is 2. The number of carbonyl (C=O) groups is 2. The average Bonchev–Trinajstić information content (AvgIpc) is 3.01. The smallest absolute Gasteiger partial charge is 0.248 e. The summed E-state index contributed by atoms with van der Waals surface area (Å²) in [5, 5.41) is 2.95. The van der Waals surface area contributed by atoms with Crippen LogP contribution in [0.15, 0.2) is 24.5 Å². The Hall–Kier alpha value is -1.82. The molecule has 116 valence electrons. The SMILES string of the molecule is COCC(=O)N1CCC[C@H](C(=O)NCCn2cccc2)C1. The molecule has 1 atom stereocenters. The molecule has 1 fully saturated rings. The van der Waals surface area contributed by atoms with Gasteiger partial charge >= 0.3 is 0 Å². The molecule has 0 aliphatic carbocycles. The first kappa shape index (κ1) is 15.6. The zero-order chi connectivity index (χ0) is 15.1. The fourth-order valence-corrected chi connectivity index (χ4v) is 2.60. The van der Waals surface area contributed by atoms with Crippen molar-refractivity contribution in [2.24, 2.45) is 5.92 Å². The van der Waals surface area contributed by atoms with Crippen LogP contribution in [0.2, 0.25) is 0 Å². The lowest BCUT2D eigenvalue weighted by atomic mass is 9.97. The Morgan fingerprint density at radius 3 is 2.81 bits per heavy atom. The average molecular weight is 293 g/mol. The minimum atomic E-state index is -0.107. The van der Waals surface area contributed by atoms with E-state index in [-0.39, 0.29) is 24.3 Å². The van der Waals surface area contributed by atoms with Gasteiger partial charge in [-0.25, -0.2) is 0 Å². The van der Waals surface area contributed by atoms with Crippen LogP contribution >= 0.6 is 0 Å². The molecule has 1 aliphatic heterocycles. The highest BCUT2D eigenvalue weighted by atomic mass is 16.5. The van der Waals surface area contributed by atoms with Gasteiger partial charge in [0.1, 0.15) is 6.61 Å². The molecule has 0 aromatic carbocycles. The molecule has 0 saturated carbocycles. The molecule has 1 aromatic rings. The summed E-state index contributed by atoms with van der Waals surface area (Å²) in [4.78, 5) is 25.7. The molecule has 0 unspecified atom stereocenters. The lowest BCUT2D eigenvalue weighted by Crippen LogP contribution is -2.46. The van der Waals surface area contributed by atoms with Crippen LogP contribution in [0.1, 0.15) is 12.8 Å². The van der Waals surface area contributed by atoms with Gasteiger partial charge in [-0.2, -0.15) is 0 Å². The van der Waals surface area contributed by atoms with Gasteiger partial charge in [-0.15, -0.1) is 0 Å². The van der Waals surface area contributed by atoms with E-state index in [4.69, 9.17) is 4.74 Å². The van der Waals surface area contributed by atoms with Crippen molar-refractivity contribution in [3.63, 3.8) is 0 Å². The molecule has 0 bridgehead atoms. The third-order valence-electron chi connectivity index (χ3n) is 3.75. The summed E-state index contributed by atoms with van der Waals surface area (Å²) in [7, 11) is 1.51. The summed E-state index contributed by atoms with van der Waals surface area (Å²) in [6, 6.07) is 3.92. The van der Waals surface area contributed by atoms with Crippen LogP contribution in [0.4, 0.5) is 0 Å². The summed E-state index contributed by atoms with van der Waals surface area (Å²) < 4.78 is 6.89. The molecule has 1 N–H and O–H groups in total. The van der Waals surface area contributed by atoms with Crippen molar-refractivity contribution >= 4 is 11.8 Å². The highest BCUT2D eigenvalue weighted by molar-refractivity contribution is 5.81. The largest absolute Gasteiger partial charge is 0.375 e. The number of nitrogens with one attached hydrogen (secondary N) is 1. The number of rotatable bonds is 6. The fraction of sp³-hybridized carbons (Fsp3) is 0.600. The van der Waals surface area contributed by atoms with Crippen LogP contribution in [0.3, 0.4) is 0 Å². The van der Waals surface area contributed by atoms with Crippen molar-refractivity contribution in [1.82, 2.24) is 14.8 Å². The van der Waals surface area contributed by atoms with Gasteiger partial charge in [-0.05, 0) is 25.0 Å². The predicted octanol–water partition coefficient (Wildman–Crippen LogP) is 0.489. The molecule has 21 heavy (non-hydrogen) atoms. The second-order valence-corrected chi connectivity index (χ2v) is 5.32. The normalized spacial score (nSPS) is 18.5. The molecule has 0 spiro atoms. The van der Waals surface area contributed by atoms with Crippen molar-refractivity contribution in [1.29, 1.82) is 0 Å². The van der Waals surface area contributed by atoms with E-state index in [0.29, 0.717) is 13.1 Å². The molecular formula is C15H23N3O3. The van der Waals surface area contributed by atoms with Crippen LogP contribution in [-0.2, 0) is 20.9 Å². The van der Waals surface area contributed by atoms with Crippen molar-refractivity contribution in [3.05, 3.63) is 24.5 Å². The van der Waals surface area contributed by atoms with E-state index in [2.05, 4.69) is 5.32 Å². The molecule has 2 amide bonds. The van der Waals surface area contributed by atoms with Gasteiger partial charge in [0.25, 0.3) is 0 Å². The van der Waals surface area contributed by atoms with Crippen LogP contribution in [0.25, 0.3) is 0 Å². The van der Waals surface area contributed by atoms with Crippen LogP contribution < -0.4 is 5.32 Å². The lowest BCUT2D eigenvalue weighted by molar-refractivity contribution is -0.138. The summed E-state index contributed by atoms with van der Waals surface area (Å²) in [6.07, 6.45) is 5.65. The first-order valence-electron chi connectivity index (χ1n) is 7.36. The zero-order valence-electron chi connectivity index (χ0n) is 12.5. The summed E-state index contributed by atoms with van der Waals surface area (Å²) >= 11 is 0. The Kier molecular flexibility index (Phi) is 5.80. The Bertz CT molecular complexity index is 459. The number of nitrogens with zero attached hydrogens (tertiary/aromatic N) is 2. The molecule has 0 radical (unpaired) electrons. The molecule has 1 aromatic heterocycles. The number of hydrogen-bond acceptors (Lipinski definition) is 3. The van der Waals surface area contributed by atoms with Gasteiger partial charge in [0, 0.05) is 45.7 Å². The summed E-state index contributed by atoms with van der Waals surface area (Å²) in [5.41, 5.74) is 0. The number of piperidine rings is 1. The van der Waals surface area contributed by atoms with E-state index in [0.717, 1.165) is 25.9 Å². The maximum atomic E-state index is 12.2. The first-order valence-corrected chi connectivity index (χ1v) is 7.36. The lowest BCUT2D eigenvalue weighted by Gasteiger charge is -2.31. The van der Waals surface area contributed by atoms with Crippen molar-refractivity contribution in [2.75, 3.05) is 33.4 Å². The van der Waals surface area contributed by atoms with E-state index < -0.39 is 0 Å². The predicted molar refractivity (Wildman–Crippen MR) is 78.6 cm³/mol. The molecule has 2 rings (SSSR count). The quantitative estimate of drug-likeness (QED) is 0.830. The number of likely N-dealkylation sites (tertiary alicyclic amines) is 1. The van der Waals surface area contributed by atoms with Gasteiger partial charge in [0.15, 0.2) is 0 Å². The molecule has 1 aliphatic rings. The number of ether oxygens (including phenoxy) is 1. The molecular weight excluding hydrogens is 270 g/mol. The second-order valence-electron chi connectivity index (χ2n) is 5.32. The van der Waals surface area contributed by atoms with E-state index in [1.54, 1.807) is 4.90 Å². The van der Waals surface area contributed by atoms with Crippen LogP contribution in [0.5, 0.6) is 0 Å². The second kappa shape index (κ2) is 7.83. The maximum absolute atomic E-state index is 12.2. The third-order valence-corrected chi connectivity index (χ3v) is 3.75. The van der Waals surface area contributed by atoms with Gasteiger partial charge in [-0.3, -0.25) is 9.59 Å². The van der Waals surface area contributed by atoms with Crippen molar-refractivity contribution < 1.29 is 14.3 Å². The van der Waals surface area contributed by atoms with Gasteiger partial charge < -0.3 is 19.5 Å². The van der Waals surface area contributed by atoms with Gasteiger partial charge in [0.2, 0.25) is 11.8 Å². The summed E-state index contributed by atoms with van der Waals surface area (Å²) in [5.74, 6) is -0.108. The summed E-state index contributed by atoms with van der Waals surface area (Å²) in [6.45, 7) is 2.67. The topological polar surface area (TPSA) is 63.6 Å². The molecule has 6 nitrogen and oxygen atoms in total. The number of amides is 2. The van der Waals surface area contributed by atoms with Gasteiger partial charge in [0.05, 0.1) is 5.92 Å². The zero-order valence-corrected chi connectivity index (χ0v) is 12.5. The highest BCUT2D eigenvalue weighted by Crippen LogP contribution is 2.16. The molecule has 1 saturated heterocycles. The standard InChI is InChI=1S/C15H23N3O3/c1-21-12-14(19)18-9-4-5-13(11-18)15(20)16-6-10-17-7-2-3-8-17/h2-3,7-8,13H,4-6,9-12H2,1H3,(H,16,20)/t13-/m0/s1. The first-order chi connectivity index (χ1) is 10.2. The Labute approximate surface area is 125 Å². The monoisotopic (exact) mass is 293 g/mol. The third kappa shape index (κ3) is 4.60. The van der Waals surface area contributed by atoms with E-state index in [1.165, 1.54) is 7.11 Å². The highest BCUT2D eigenvalue weighted by Gasteiger charge is 2.27. The number of hydrogen-bond donors (Lipinski definition) is 1. The maximum Gasteiger partial charge on any atom is 0.248 e. The molecule has 6 heteroatoms. The van der Waals surface area contributed by atoms with E-state index in [9.17, 15) is 9.59 Å². The van der Waals surface area contributed by atoms with Crippen molar-refractivity contribution in [2.45, 2.75) is 19.4 Å². The van der Waals surface area contributed by atoms with Crippen molar-refractivity contribution in [3.8, 4) is 0 Å². The van der Waals surface area contributed by atoms with E-state index >= 15 is 0 Å². The van der Waals surface area contributed by atoms with Crippen LogP contribution in [0, 0.1) is 5.92 Å². The Morgan fingerprint density at radius 2 is 2.10 bits per heavy atom. The number of methoxy groups -OCH3 is 1.